The fraction of sp³-hybridized carbons (Fsp3) is 0.238. The van der Waals surface area contributed by atoms with Crippen LogP contribution in [0.3, 0.4) is 0 Å². The number of aliphatic hydroxyl groups is 1. The Balaban J connectivity index is 1.87. The van der Waals surface area contributed by atoms with Crippen molar-refractivity contribution in [1.82, 2.24) is 0 Å². The lowest BCUT2D eigenvalue weighted by atomic mass is 10.2. The standard InChI is InChI=1S/C21H20F2N2O4S/c1-28-16-7-3-14(4-8-16)13-18-19(27)25(21(24-18)30-12-2-11-26)15-5-9-17(10-6-15)29-20(22)23/h3-10,13,20,26H,2,11-12H2,1H3/b18-13-. The number of amides is 1. The molecule has 0 saturated carbocycles. The van der Waals surface area contributed by atoms with E-state index in [4.69, 9.17) is 9.84 Å². The SMILES string of the molecule is COc1ccc(/C=C2\N=C(SCCCO)N(c3ccc(OC(F)F)cc3)C2=O)cc1. The number of thioether (sulfide) groups is 1. The number of carbonyl (C=O) groups is 1. The quantitative estimate of drug-likeness (QED) is 0.499. The molecule has 0 atom stereocenters. The number of alkyl halides is 2. The number of amidine groups is 1. The first-order valence-corrected chi connectivity index (χ1v) is 10.1. The molecule has 1 heterocycles. The summed E-state index contributed by atoms with van der Waals surface area (Å²) in [5.74, 6) is 0.939. The summed E-state index contributed by atoms with van der Waals surface area (Å²) >= 11 is 1.33. The Bertz CT molecular complexity index is 931. The van der Waals surface area contributed by atoms with Crippen molar-refractivity contribution in [3.63, 3.8) is 0 Å². The molecule has 0 bridgehead atoms. The number of aliphatic hydroxyl groups excluding tert-OH is 1. The van der Waals surface area contributed by atoms with Gasteiger partial charge in [-0.2, -0.15) is 8.78 Å². The summed E-state index contributed by atoms with van der Waals surface area (Å²) in [5, 5.41) is 9.49. The number of hydrogen-bond acceptors (Lipinski definition) is 6. The highest BCUT2D eigenvalue weighted by Crippen LogP contribution is 2.31. The fourth-order valence-corrected chi connectivity index (χ4v) is 3.62. The summed E-state index contributed by atoms with van der Waals surface area (Å²) < 4.78 is 34.3. The van der Waals surface area contributed by atoms with Crippen LogP contribution in [0.4, 0.5) is 14.5 Å². The van der Waals surface area contributed by atoms with E-state index >= 15 is 0 Å². The third kappa shape index (κ3) is 5.37. The van der Waals surface area contributed by atoms with E-state index in [1.807, 2.05) is 12.1 Å². The number of nitrogens with zero attached hydrogens (tertiary/aromatic N) is 2. The van der Waals surface area contributed by atoms with Crippen molar-refractivity contribution >= 4 is 34.6 Å². The number of hydrogen-bond donors (Lipinski definition) is 1. The number of benzene rings is 2. The van der Waals surface area contributed by atoms with Crippen molar-refractivity contribution in [2.75, 3.05) is 24.4 Å². The first-order chi connectivity index (χ1) is 14.5. The van der Waals surface area contributed by atoms with Gasteiger partial charge in [0, 0.05) is 12.4 Å². The molecular weight excluding hydrogens is 414 g/mol. The second-order valence-electron chi connectivity index (χ2n) is 6.14. The molecule has 2 aromatic rings. The van der Waals surface area contributed by atoms with Crippen LogP contribution >= 0.6 is 11.8 Å². The van der Waals surface area contributed by atoms with Crippen molar-refractivity contribution < 1.29 is 28.2 Å². The predicted octanol–water partition coefficient (Wildman–Crippen LogP) is 4.16. The maximum absolute atomic E-state index is 13.0. The van der Waals surface area contributed by atoms with Gasteiger partial charge in [-0.25, -0.2) is 4.99 Å². The molecule has 0 aromatic heterocycles. The topological polar surface area (TPSA) is 71.4 Å². The van der Waals surface area contributed by atoms with Crippen molar-refractivity contribution in [3.8, 4) is 11.5 Å². The van der Waals surface area contributed by atoms with Gasteiger partial charge in [0.2, 0.25) is 0 Å². The maximum atomic E-state index is 13.0. The van der Waals surface area contributed by atoms with Gasteiger partial charge in [0.05, 0.1) is 12.8 Å². The summed E-state index contributed by atoms with van der Waals surface area (Å²) in [4.78, 5) is 18.9. The largest absolute Gasteiger partial charge is 0.497 e. The van der Waals surface area contributed by atoms with E-state index in [2.05, 4.69) is 9.73 Å². The van der Waals surface area contributed by atoms with E-state index in [9.17, 15) is 13.6 Å². The Hall–Kier alpha value is -2.91. The molecule has 0 radical (unpaired) electrons. The summed E-state index contributed by atoms with van der Waals surface area (Å²) in [6, 6.07) is 13.0. The molecule has 1 aliphatic rings. The van der Waals surface area contributed by atoms with Gasteiger partial charge >= 0.3 is 6.61 Å². The number of carbonyl (C=O) groups excluding carboxylic acids is 1. The van der Waals surface area contributed by atoms with Gasteiger partial charge in [-0.15, -0.1) is 0 Å². The summed E-state index contributed by atoms with van der Waals surface area (Å²) in [7, 11) is 1.57. The van der Waals surface area contributed by atoms with E-state index in [0.717, 1.165) is 5.56 Å². The molecule has 0 unspecified atom stereocenters. The molecule has 1 aliphatic heterocycles. The normalized spacial score (nSPS) is 15.1. The molecule has 2 aromatic carbocycles. The van der Waals surface area contributed by atoms with Crippen LogP contribution in [-0.4, -0.2) is 42.3 Å². The Kier molecular flexibility index (Phi) is 7.42. The Labute approximate surface area is 176 Å². The molecule has 30 heavy (non-hydrogen) atoms. The zero-order valence-electron chi connectivity index (χ0n) is 16.1. The van der Waals surface area contributed by atoms with Gasteiger partial charge in [-0.1, -0.05) is 23.9 Å². The number of methoxy groups -OCH3 is 1. The smallest absolute Gasteiger partial charge is 0.387 e. The van der Waals surface area contributed by atoms with Crippen LogP contribution in [-0.2, 0) is 4.79 Å². The minimum absolute atomic E-state index is 0.000756. The van der Waals surface area contributed by atoms with Crippen LogP contribution in [0.5, 0.6) is 11.5 Å². The van der Waals surface area contributed by atoms with E-state index in [0.29, 0.717) is 28.8 Å². The number of aliphatic imine (C=N–C) groups is 1. The Morgan fingerprint density at radius 1 is 1.13 bits per heavy atom. The summed E-state index contributed by atoms with van der Waals surface area (Å²) in [6.45, 7) is -2.89. The predicted molar refractivity (Wildman–Crippen MR) is 113 cm³/mol. The number of anilines is 1. The highest BCUT2D eigenvalue weighted by Gasteiger charge is 2.31. The molecule has 9 heteroatoms. The van der Waals surface area contributed by atoms with Crippen LogP contribution in [0, 0.1) is 0 Å². The van der Waals surface area contributed by atoms with Crippen LogP contribution in [0.25, 0.3) is 6.08 Å². The second kappa shape index (κ2) is 10.2. The van der Waals surface area contributed by atoms with Crippen LogP contribution < -0.4 is 14.4 Å². The number of halogens is 2. The van der Waals surface area contributed by atoms with Crippen molar-refractivity contribution in [2.24, 2.45) is 4.99 Å². The summed E-state index contributed by atoms with van der Waals surface area (Å²) in [6.07, 6.45) is 2.22. The number of rotatable bonds is 8. The lowest BCUT2D eigenvalue weighted by molar-refractivity contribution is -0.113. The molecule has 0 saturated heterocycles. The van der Waals surface area contributed by atoms with Gasteiger partial charge in [-0.05, 0) is 54.5 Å². The zero-order chi connectivity index (χ0) is 21.5. The minimum Gasteiger partial charge on any atom is -0.497 e. The zero-order valence-corrected chi connectivity index (χ0v) is 16.9. The highest BCUT2D eigenvalue weighted by molar-refractivity contribution is 8.14. The number of ether oxygens (including phenoxy) is 2. The molecule has 158 valence electrons. The van der Waals surface area contributed by atoms with Crippen LogP contribution in [0.15, 0.2) is 59.2 Å². The van der Waals surface area contributed by atoms with Crippen LogP contribution in [0.2, 0.25) is 0 Å². The van der Waals surface area contributed by atoms with Gasteiger partial charge in [-0.3, -0.25) is 9.69 Å². The monoisotopic (exact) mass is 434 g/mol. The Morgan fingerprint density at radius 3 is 2.40 bits per heavy atom. The maximum Gasteiger partial charge on any atom is 0.387 e. The van der Waals surface area contributed by atoms with Gasteiger partial charge in [0.1, 0.15) is 17.2 Å². The molecule has 0 fully saturated rings. The fourth-order valence-electron chi connectivity index (χ4n) is 2.68. The molecule has 3 rings (SSSR count). The lowest BCUT2D eigenvalue weighted by Gasteiger charge is -2.18. The van der Waals surface area contributed by atoms with Crippen LogP contribution in [0.1, 0.15) is 12.0 Å². The Morgan fingerprint density at radius 2 is 1.80 bits per heavy atom. The van der Waals surface area contributed by atoms with E-state index < -0.39 is 6.61 Å². The first-order valence-electron chi connectivity index (χ1n) is 9.09. The van der Waals surface area contributed by atoms with Crippen molar-refractivity contribution in [2.45, 2.75) is 13.0 Å². The molecule has 0 aliphatic carbocycles. The molecule has 6 nitrogen and oxygen atoms in total. The van der Waals surface area contributed by atoms with E-state index in [-0.39, 0.29) is 24.0 Å². The summed E-state index contributed by atoms with van der Waals surface area (Å²) in [5.41, 5.74) is 1.51. The lowest BCUT2D eigenvalue weighted by Crippen LogP contribution is -2.30. The molecule has 0 spiro atoms. The second-order valence-corrected chi connectivity index (χ2v) is 7.20. The van der Waals surface area contributed by atoms with Gasteiger partial charge in [0.25, 0.3) is 5.91 Å². The third-order valence-corrected chi connectivity index (χ3v) is 5.13. The van der Waals surface area contributed by atoms with Crippen molar-refractivity contribution in [1.29, 1.82) is 0 Å². The molecular formula is C21H20F2N2O4S. The molecule has 1 amide bonds. The highest BCUT2D eigenvalue weighted by atomic mass is 32.2. The third-order valence-electron chi connectivity index (χ3n) is 4.10. The van der Waals surface area contributed by atoms with Gasteiger partial charge in [0.15, 0.2) is 5.17 Å². The first kappa shape index (κ1) is 21.8. The average Bonchev–Trinajstić information content (AvgIpc) is 3.04. The van der Waals surface area contributed by atoms with Gasteiger partial charge < -0.3 is 14.6 Å². The minimum atomic E-state index is -2.92. The van der Waals surface area contributed by atoms with E-state index in [1.54, 1.807) is 25.3 Å². The van der Waals surface area contributed by atoms with Crippen molar-refractivity contribution in [3.05, 3.63) is 59.8 Å². The molecule has 1 N–H and O–H groups in total. The van der Waals surface area contributed by atoms with E-state index in [1.165, 1.54) is 40.9 Å². The average molecular weight is 434 g/mol.